The zero-order valence-corrected chi connectivity index (χ0v) is 10.9. The Bertz CT molecular complexity index is 629. The lowest BCUT2D eigenvalue weighted by Crippen LogP contribution is -2.40. The maximum Gasteiger partial charge on any atom is 0.274 e. The summed E-state index contributed by atoms with van der Waals surface area (Å²) in [7, 11) is 0. The zero-order valence-electron chi connectivity index (χ0n) is 10.9. The van der Waals surface area contributed by atoms with Crippen molar-refractivity contribution in [3.05, 3.63) is 46.4 Å². The van der Waals surface area contributed by atoms with Crippen LogP contribution in [0.1, 0.15) is 35.1 Å². The summed E-state index contributed by atoms with van der Waals surface area (Å²) in [5, 5.41) is 6.08. The lowest BCUT2D eigenvalue weighted by molar-refractivity contribution is 0.0697. The Labute approximate surface area is 115 Å². The molecule has 2 N–H and O–H groups in total. The number of hydrogen-bond acceptors (Lipinski definition) is 4. The fourth-order valence-corrected chi connectivity index (χ4v) is 2.51. The molecule has 1 aliphatic rings. The fourth-order valence-electron chi connectivity index (χ4n) is 2.51. The van der Waals surface area contributed by atoms with Crippen LogP contribution in [0.15, 0.2) is 29.3 Å². The number of nitrogens with one attached hydrogen (secondary N) is 2. The number of carbonyl (C=O) groups is 1. The van der Waals surface area contributed by atoms with E-state index in [0.717, 1.165) is 18.7 Å². The van der Waals surface area contributed by atoms with Crippen molar-refractivity contribution in [1.29, 1.82) is 0 Å². The second kappa shape index (κ2) is 5.28. The summed E-state index contributed by atoms with van der Waals surface area (Å²) in [6, 6.07) is 2.77. The van der Waals surface area contributed by atoms with E-state index in [1.807, 2.05) is 0 Å². The van der Waals surface area contributed by atoms with Crippen LogP contribution in [0.5, 0.6) is 0 Å². The van der Waals surface area contributed by atoms with Crippen molar-refractivity contribution in [3.63, 3.8) is 0 Å². The molecule has 7 heteroatoms. The molecule has 2 aromatic heterocycles. The summed E-state index contributed by atoms with van der Waals surface area (Å²) < 4.78 is 0. The highest BCUT2D eigenvalue weighted by Crippen LogP contribution is 2.24. The number of H-pyrrole nitrogens is 2. The Hall–Kier alpha value is -2.44. The van der Waals surface area contributed by atoms with Crippen LogP contribution in [0.25, 0.3) is 0 Å². The third kappa shape index (κ3) is 2.47. The SMILES string of the molecule is O=C(c1ccc(=O)[nH]n1)N1CCCC(c2ncc[nH]2)C1. The fraction of sp³-hybridized carbons (Fsp3) is 0.385. The first-order valence-corrected chi connectivity index (χ1v) is 6.58. The van der Waals surface area contributed by atoms with Crippen molar-refractivity contribution >= 4 is 5.91 Å². The second-order valence-corrected chi connectivity index (χ2v) is 4.87. The largest absolute Gasteiger partial charge is 0.348 e. The molecule has 7 nitrogen and oxygen atoms in total. The first-order valence-electron chi connectivity index (χ1n) is 6.58. The first kappa shape index (κ1) is 12.6. The number of piperidine rings is 1. The molecule has 2 aromatic rings. The van der Waals surface area contributed by atoms with Gasteiger partial charge in [0.15, 0.2) is 0 Å². The van der Waals surface area contributed by atoms with Crippen LogP contribution >= 0.6 is 0 Å². The van der Waals surface area contributed by atoms with Gasteiger partial charge in [-0.3, -0.25) is 9.59 Å². The lowest BCUT2D eigenvalue weighted by Gasteiger charge is -2.31. The number of rotatable bonds is 2. The van der Waals surface area contributed by atoms with Crippen LogP contribution in [0.4, 0.5) is 0 Å². The van der Waals surface area contributed by atoms with Crippen molar-refractivity contribution in [2.45, 2.75) is 18.8 Å². The first-order chi connectivity index (χ1) is 9.74. The number of likely N-dealkylation sites (tertiary alicyclic amines) is 1. The van der Waals surface area contributed by atoms with E-state index in [4.69, 9.17) is 0 Å². The predicted octanol–water partition coefficient (Wildman–Crippen LogP) is 0.513. The predicted molar refractivity (Wildman–Crippen MR) is 71.3 cm³/mol. The molecule has 104 valence electrons. The quantitative estimate of drug-likeness (QED) is 0.833. The molecule has 0 saturated carbocycles. The van der Waals surface area contributed by atoms with Gasteiger partial charge in [-0.15, -0.1) is 0 Å². The van der Waals surface area contributed by atoms with Crippen molar-refractivity contribution in [1.82, 2.24) is 25.1 Å². The minimum atomic E-state index is -0.311. The van der Waals surface area contributed by atoms with Gasteiger partial charge >= 0.3 is 0 Å². The number of aromatic amines is 2. The third-order valence-corrected chi connectivity index (χ3v) is 3.51. The van der Waals surface area contributed by atoms with Crippen molar-refractivity contribution in [2.75, 3.05) is 13.1 Å². The van der Waals surface area contributed by atoms with E-state index in [2.05, 4.69) is 20.2 Å². The molecule has 0 bridgehead atoms. The topological polar surface area (TPSA) is 94.7 Å². The third-order valence-electron chi connectivity index (χ3n) is 3.51. The molecule has 1 fully saturated rings. The molecular weight excluding hydrogens is 258 g/mol. The van der Waals surface area contributed by atoms with Crippen molar-refractivity contribution in [3.8, 4) is 0 Å². The van der Waals surface area contributed by atoms with Gasteiger partial charge in [-0.25, -0.2) is 10.1 Å². The summed E-state index contributed by atoms with van der Waals surface area (Å²) in [6.45, 7) is 1.32. The molecule has 1 unspecified atom stereocenters. The number of aromatic nitrogens is 4. The molecule has 1 saturated heterocycles. The van der Waals surface area contributed by atoms with Gasteiger partial charge in [0.05, 0.1) is 0 Å². The maximum absolute atomic E-state index is 12.3. The summed E-state index contributed by atoms with van der Waals surface area (Å²) in [6.07, 6.45) is 5.45. The van der Waals surface area contributed by atoms with Gasteiger partial charge in [0, 0.05) is 37.5 Å². The van der Waals surface area contributed by atoms with E-state index >= 15 is 0 Å². The van der Waals surface area contributed by atoms with Crippen LogP contribution in [-0.4, -0.2) is 44.1 Å². The van der Waals surface area contributed by atoms with Crippen LogP contribution in [-0.2, 0) is 0 Å². The minimum Gasteiger partial charge on any atom is -0.348 e. The highest BCUT2D eigenvalue weighted by atomic mass is 16.2. The van der Waals surface area contributed by atoms with Crippen molar-refractivity contribution in [2.24, 2.45) is 0 Å². The van der Waals surface area contributed by atoms with E-state index in [1.165, 1.54) is 12.1 Å². The highest BCUT2D eigenvalue weighted by molar-refractivity contribution is 5.92. The Balaban J connectivity index is 1.75. The van der Waals surface area contributed by atoms with Gasteiger partial charge in [-0.05, 0) is 18.9 Å². The molecule has 1 amide bonds. The van der Waals surface area contributed by atoms with Gasteiger partial charge in [0.25, 0.3) is 11.5 Å². The van der Waals surface area contributed by atoms with Gasteiger partial charge in [-0.1, -0.05) is 0 Å². The summed E-state index contributed by atoms with van der Waals surface area (Å²) in [5.41, 5.74) is -0.0432. The molecule has 0 radical (unpaired) electrons. The van der Waals surface area contributed by atoms with Crippen LogP contribution in [0, 0.1) is 0 Å². The molecule has 0 aromatic carbocycles. The monoisotopic (exact) mass is 273 g/mol. The Kier molecular flexibility index (Phi) is 3.32. The smallest absolute Gasteiger partial charge is 0.274 e. The van der Waals surface area contributed by atoms with Gasteiger partial charge in [0.2, 0.25) is 0 Å². The highest BCUT2D eigenvalue weighted by Gasteiger charge is 2.27. The second-order valence-electron chi connectivity index (χ2n) is 4.87. The standard InChI is InChI=1S/C13H15N5O2/c19-11-4-3-10(16-17-11)13(20)18-7-1-2-9(8-18)12-14-5-6-15-12/h3-6,9H,1-2,7-8H2,(H,14,15)(H,17,19). The van der Waals surface area contributed by atoms with Crippen LogP contribution < -0.4 is 5.56 Å². The zero-order chi connectivity index (χ0) is 13.9. The average Bonchev–Trinajstić information content (AvgIpc) is 3.02. The van der Waals surface area contributed by atoms with Crippen LogP contribution in [0.2, 0.25) is 0 Å². The van der Waals surface area contributed by atoms with E-state index in [0.29, 0.717) is 13.1 Å². The summed E-state index contributed by atoms with van der Waals surface area (Å²) in [5.74, 6) is 0.986. The van der Waals surface area contributed by atoms with Crippen molar-refractivity contribution < 1.29 is 4.79 Å². The van der Waals surface area contributed by atoms with E-state index in [-0.39, 0.29) is 23.1 Å². The molecule has 3 heterocycles. The normalized spacial score (nSPS) is 19.0. The number of carbonyl (C=O) groups excluding carboxylic acids is 1. The lowest BCUT2D eigenvalue weighted by atomic mass is 9.97. The summed E-state index contributed by atoms with van der Waals surface area (Å²) in [4.78, 5) is 32.4. The number of hydrogen-bond donors (Lipinski definition) is 2. The summed E-state index contributed by atoms with van der Waals surface area (Å²) >= 11 is 0. The molecule has 20 heavy (non-hydrogen) atoms. The molecule has 0 aliphatic carbocycles. The Morgan fingerprint density at radius 3 is 3.00 bits per heavy atom. The number of amides is 1. The Morgan fingerprint density at radius 1 is 1.40 bits per heavy atom. The van der Waals surface area contributed by atoms with Gasteiger partial charge in [0.1, 0.15) is 11.5 Å². The van der Waals surface area contributed by atoms with Crippen LogP contribution in [0.3, 0.4) is 0 Å². The molecule has 3 rings (SSSR count). The van der Waals surface area contributed by atoms with E-state index in [9.17, 15) is 9.59 Å². The number of imidazole rings is 1. The molecule has 1 atom stereocenters. The Morgan fingerprint density at radius 2 is 2.30 bits per heavy atom. The molecule has 0 spiro atoms. The number of nitrogens with zero attached hydrogens (tertiary/aromatic N) is 3. The maximum atomic E-state index is 12.3. The van der Waals surface area contributed by atoms with Gasteiger partial charge in [-0.2, -0.15) is 5.10 Å². The molecule has 1 aliphatic heterocycles. The minimum absolute atomic E-state index is 0.155. The molecular formula is C13H15N5O2. The van der Waals surface area contributed by atoms with E-state index < -0.39 is 0 Å². The van der Waals surface area contributed by atoms with E-state index in [1.54, 1.807) is 17.3 Å². The average molecular weight is 273 g/mol. The van der Waals surface area contributed by atoms with Gasteiger partial charge < -0.3 is 9.88 Å².